The molecule has 0 saturated heterocycles. The molecule has 0 atom stereocenters. The maximum Gasteiger partial charge on any atom is 0.387 e. The van der Waals surface area contributed by atoms with Crippen LogP contribution in [0, 0.1) is 11.6 Å². The number of sulfonamides is 1. The Balaban J connectivity index is 1.94. The Kier molecular flexibility index (Phi) is 5.79. The van der Waals surface area contributed by atoms with Gasteiger partial charge in [-0.2, -0.15) is 8.78 Å². The minimum Gasteiger partial charge on any atom is -0.435 e. The maximum absolute atomic E-state index is 13.1. The zero-order chi connectivity index (χ0) is 17.7. The van der Waals surface area contributed by atoms with Crippen molar-refractivity contribution < 1.29 is 30.7 Å². The van der Waals surface area contributed by atoms with Crippen LogP contribution in [-0.4, -0.2) is 21.6 Å². The SMILES string of the molecule is O=S(=O)(NCCc1ccc(OC(F)F)cc1)c1ccc(F)c(F)c1. The highest BCUT2D eigenvalue weighted by molar-refractivity contribution is 7.89. The number of nitrogens with one attached hydrogen (secondary N) is 1. The molecular weight excluding hydrogens is 350 g/mol. The quantitative estimate of drug-likeness (QED) is 0.769. The molecule has 0 spiro atoms. The fraction of sp³-hybridized carbons (Fsp3) is 0.200. The van der Waals surface area contributed by atoms with Crippen molar-refractivity contribution in [2.75, 3.05) is 6.54 Å². The molecule has 0 saturated carbocycles. The molecule has 4 nitrogen and oxygen atoms in total. The Morgan fingerprint density at radius 1 is 1.00 bits per heavy atom. The lowest BCUT2D eigenvalue weighted by Crippen LogP contribution is -2.26. The van der Waals surface area contributed by atoms with E-state index in [9.17, 15) is 26.0 Å². The van der Waals surface area contributed by atoms with Crippen LogP contribution in [0.3, 0.4) is 0 Å². The van der Waals surface area contributed by atoms with Gasteiger partial charge in [-0.1, -0.05) is 12.1 Å². The summed E-state index contributed by atoms with van der Waals surface area (Å²) >= 11 is 0. The second kappa shape index (κ2) is 7.63. The van der Waals surface area contributed by atoms with Crippen LogP contribution < -0.4 is 9.46 Å². The van der Waals surface area contributed by atoms with Crippen LogP contribution in [0.15, 0.2) is 47.4 Å². The van der Waals surface area contributed by atoms with Gasteiger partial charge in [0.2, 0.25) is 10.0 Å². The predicted molar refractivity (Wildman–Crippen MR) is 78.3 cm³/mol. The molecule has 24 heavy (non-hydrogen) atoms. The van der Waals surface area contributed by atoms with Crippen LogP contribution in [0.1, 0.15) is 5.56 Å². The Labute approximate surface area is 136 Å². The number of rotatable bonds is 7. The van der Waals surface area contributed by atoms with Crippen molar-refractivity contribution in [2.24, 2.45) is 0 Å². The number of ether oxygens (including phenoxy) is 1. The van der Waals surface area contributed by atoms with Crippen molar-refractivity contribution in [1.82, 2.24) is 4.72 Å². The molecule has 0 bridgehead atoms. The zero-order valence-corrected chi connectivity index (χ0v) is 13.0. The van der Waals surface area contributed by atoms with Gasteiger partial charge in [0, 0.05) is 6.54 Å². The number of hydrogen-bond donors (Lipinski definition) is 1. The highest BCUT2D eigenvalue weighted by Gasteiger charge is 2.16. The summed E-state index contributed by atoms with van der Waals surface area (Å²) in [6.07, 6.45) is 0.276. The van der Waals surface area contributed by atoms with Crippen molar-refractivity contribution in [3.63, 3.8) is 0 Å². The number of alkyl halides is 2. The predicted octanol–water partition coefficient (Wildman–Crippen LogP) is 3.09. The Bertz CT molecular complexity index is 795. The van der Waals surface area contributed by atoms with Crippen LogP contribution in [-0.2, 0) is 16.4 Å². The Hall–Kier alpha value is -2.13. The number of hydrogen-bond acceptors (Lipinski definition) is 3. The van der Waals surface area contributed by atoms with Crippen molar-refractivity contribution in [3.8, 4) is 5.75 Å². The molecule has 0 heterocycles. The average molecular weight is 363 g/mol. The van der Waals surface area contributed by atoms with Crippen LogP contribution in [0.4, 0.5) is 17.6 Å². The van der Waals surface area contributed by atoms with E-state index in [0.717, 1.165) is 12.1 Å². The lowest BCUT2D eigenvalue weighted by Gasteiger charge is -2.08. The smallest absolute Gasteiger partial charge is 0.387 e. The summed E-state index contributed by atoms with van der Waals surface area (Å²) in [6.45, 7) is -2.92. The first-order valence-corrected chi connectivity index (χ1v) is 8.25. The number of benzene rings is 2. The standard InChI is InChI=1S/C15H13F4NO3S/c16-13-6-5-12(9-14(13)17)24(21,22)20-8-7-10-1-3-11(4-2-10)23-15(18)19/h1-6,9,15,20H,7-8H2. The van der Waals surface area contributed by atoms with Crippen molar-refractivity contribution in [3.05, 3.63) is 59.7 Å². The van der Waals surface area contributed by atoms with E-state index in [1.165, 1.54) is 24.3 Å². The van der Waals surface area contributed by atoms with E-state index in [1.54, 1.807) is 0 Å². The fourth-order valence-corrected chi connectivity index (χ4v) is 2.94. The first kappa shape index (κ1) is 18.2. The maximum atomic E-state index is 13.1. The summed E-state index contributed by atoms with van der Waals surface area (Å²) < 4.78 is 80.3. The highest BCUT2D eigenvalue weighted by atomic mass is 32.2. The third kappa shape index (κ3) is 4.93. The monoisotopic (exact) mass is 363 g/mol. The van der Waals surface area contributed by atoms with Gasteiger partial charge >= 0.3 is 6.61 Å². The van der Waals surface area contributed by atoms with Crippen LogP contribution >= 0.6 is 0 Å². The van der Waals surface area contributed by atoms with Gasteiger partial charge in [0.05, 0.1) is 4.90 Å². The lowest BCUT2D eigenvalue weighted by atomic mass is 10.1. The van der Waals surface area contributed by atoms with E-state index >= 15 is 0 Å². The first-order valence-electron chi connectivity index (χ1n) is 6.76. The van der Waals surface area contributed by atoms with Gasteiger partial charge < -0.3 is 4.74 Å². The normalized spacial score (nSPS) is 11.7. The molecule has 0 radical (unpaired) electrons. The van der Waals surface area contributed by atoms with Crippen molar-refractivity contribution >= 4 is 10.0 Å². The summed E-state index contributed by atoms with van der Waals surface area (Å²) in [5, 5.41) is 0. The van der Waals surface area contributed by atoms with Gasteiger partial charge in [0.25, 0.3) is 0 Å². The van der Waals surface area contributed by atoms with E-state index in [4.69, 9.17) is 0 Å². The highest BCUT2D eigenvalue weighted by Crippen LogP contribution is 2.16. The first-order chi connectivity index (χ1) is 11.3. The second-order valence-electron chi connectivity index (χ2n) is 4.75. The van der Waals surface area contributed by atoms with E-state index in [-0.39, 0.29) is 23.6 Å². The third-order valence-corrected chi connectivity index (χ3v) is 4.51. The summed E-state index contributed by atoms with van der Waals surface area (Å²) in [7, 11) is -3.97. The summed E-state index contributed by atoms with van der Waals surface area (Å²) in [5.41, 5.74) is 0.685. The molecule has 0 aliphatic heterocycles. The van der Waals surface area contributed by atoms with Crippen molar-refractivity contribution in [2.45, 2.75) is 17.9 Å². The van der Waals surface area contributed by atoms with Gasteiger partial charge in [0.15, 0.2) is 11.6 Å². The lowest BCUT2D eigenvalue weighted by molar-refractivity contribution is -0.0498. The minimum atomic E-state index is -3.97. The molecule has 0 aliphatic rings. The van der Waals surface area contributed by atoms with E-state index < -0.39 is 28.3 Å². The molecule has 2 rings (SSSR count). The molecule has 0 unspecified atom stereocenters. The molecule has 9 heteroatoms. The van der Waals surface area contributed by atoms with Gasteiger partial charge in [0.1, 0.15) is 5.75 Å². The molecule has 0 amide bonds. The molecule has 2 aromatic rings. The summed E-state index contributed by atoms with van der Waals surface area (Å²) in [5.74, 6) is -2.40. The topological polar surface area (TPSA) is 55.4 Å². The van der Waals surface area contributed by atoms with Gasteiger partial charge in [-0.25, -0.2) is 21.9 Å². The van der Waals surface area contributed by atoms with E-state index in [2.05, 4.69) is 9.46 Å². The van der Waals surface area contributed by atoms with Gasteiger partial charge in [-0.05, 0) is 42.3 Å². The molecular formula is C15H13F4NO3S. The number of halogens is 4. The average Bonchev–Trinajstić information content (AvgIpc) is 2.51. The van der Waals surface area contributed by atoms with Crippen molar-refractivity contribution in [1.29, 1.82) is 0 Å². The Morgan fingerprint density at radius 2 is 1.67 bits per heavy atom. The third-order valence-electron chi connectivity index (χ3n) is 3.06. The van der Waals surface area contributed by atoms with Crippen LogP contribution in [0.5, 0.6) is 5.75 Å². The van der Waals surface area contributed by atoms with Crippen LogP contribution in [0.2, 0.25) is 0 Å². The van der Waals surface area contributed by atoms with E-state index in [1.807, 2.05) is 0 Å². The van der Waals surface area contributed by atoms with Crippen LogP contribution in [0.25, 0.3) is 0 Å². The van der Waals surface area contributed by atoms with E-state index in [0.29, 0.717) is 11.6 Å². The second-order valence-corrected chi connectivity index (χ2v) is 6.51. The summed E-state index contributed by atoms with van der Waals surface area (Å²) in [4.78, 5) is -0.387. The fourth-order valence-electron chi connectivity index (χ4n) is 1.89. The molecule has 0 fully saturated rings. The van der Waals surface area contributed by atoms with Gasteiger partial charge in [-0.15, -0.1) is 0 Å². The zero-order valence-electron chi connectivity index (χ0n) is 12.2. The summed E-state index contributed by atoms with van der Waals surface area (Å²) in [6, 6.07) is 7.99. The van der Waals surface area contributed by atoms with Gasteiger partial charge in [-0.3, -0.25) is 0 Å². The molecule has 130 valence electrons. The molecule has 2 aromatic carbocycles. The molecule has 0 aromatic heterocycles. The minimum absolute atomic E-state index is 0.00359. The largest absolute Gasteiger partial charge is 0.435 e. The molecule has 1 N–H and O–H groups in total. The molecule has 0 aliphatic carbocycles. The Morgan fingerprint density at radius 3 is 2.25 bits per heavy atom.